The SMILES string of the molecule is CC(C)n1ncc2c(Nc3ccc(N4CCNCC4)cn3)nc(NCCO)nc21. The average Bonchev–Trinajstić information content (AvgIpc) is 3.18. The first kappa shape index (κ1) is 19.3. The molecule has 0 saturated carbocycles. The highest BCUT2D eigenvalue weighted by Crippen LogP contribution is 2.26. The van der Waals surface area contributed by atoms with Crippen LogP contribution in [-0.2, 0) is 0 Å². The quantitative estimate of drug-likeness (QED) is 0.469. The van der Waals surface area contributed by atoms with E-state index in [1.807, 2.05) is 16.9 Å². The van der Waals surface area contributed by atoms with Crippen molar-refractivity contribution in [2.75, 3.05) is 54.9 Å². The van der Waals surface area contributed by atoms with Crippen LogP contribution in [0.2, 0.25) is 0 Å². The second-order valence-electron chi connectivity index (χ2n) is 7.23. The molecule has 0 bridgehead atoms. The Labute approximate surface area is 169 Å². The zero-order chi connectivity index (χ0) is 20.2. The number of aliphatic hydroxyl groups excluding tert-OH is 1. The van der Waals surface area contributed by atoms with Gasteiger partial charge in [0.25, 0.3) is 0 Å². The molecule has 1 aliphatic rings. The lowest BCUT2D eigenvalue weighted by atomic mass is 10.3. The monoisotopic (exact) mass is 397 g/mol. The molecule has 1 fully saturated rings. The highest BCUT2D eigenvalue weighted by Gasteiger charge is 2.16. The molecular formula is C19H27N9O. The standard InChI is InChI=1S/C19H27N9O/c1-13(2)28-18-15(12-23-28)17(25-19(26-18)21-7-10-29)24-16-4-3-14(11-22-16)27-8-5-20-6-9-27/h3-4,11-13,20,29H,5-10H2,1-2H3,(H2,21,22,24,25,26). The maximum atomic E-state index is 9.11. The van der Waals surface area contributed by atoms with Crippen molar-refractivity contribution in [3.8, 4) is 0 Å². The van der Waals surface area contributed by atoms with Crippen LogP contribution in [0, 0.1) is 0 Å². The van der Waals surface area contributed by atoms with Gasteiger partial charge in [-0.05, 0) is 26.0 Å². The number of nitrogens with one attached hydrogen (secondary N) is 3. The van der Waals surface area contributed by atoms with Crippen LogP contribution in [-0.4, -0.2) is 69.2 Å². The Bertz CT molecular complexity index is 948. The number of hydrogen-bond acceptors (Lipinski definition) is 9. The maximum absolute atomic E-state index is 9.11. The van der Waals surface area contributed by atoms with Crippen molar-refractivity contribution in [1.29, 1.82) is 0 Å². The Hall–Kier alpha value is -2.98. The molecule has 3 aromatic heterocycles. The van der Waals surface area contributed by atoms with E-state index in [9.17, 15) is 0 Å². The molecule has 0 spiro atoms. The molecule has 4 N–H and O–H groups in total. The fraction of sp³-hybridized carbons (Fsp3) is 0.474. The summed E-state index contributed by atoms with van der Waals surface area (Å²) in [6.07, 6.45) is 3.65. The molecule has 0 atom stereocenters. The van der Waals surface area contributed by atoms with Crippen LogP contribution < -0.4 is 20.9 Å². The van der Waals surface area contributed by atoms with E-state index in [4.69, 9.17) is 5.11 Å². The third-order valence-corrected chi connectivity index (χ3v) is 4.81. The number of pyridine rings is 1. The van der Waals surface area contributed by atoms with Gasteiger partial charge in [0.2, 0.25) is 5.95 Å². The molecule has 4 heterocycles. The van der Waals surface area contributed by atoms with Crippen LogP contribution in [0.5, 0.6) is 0 Å². The van der Waals surface area contributed by atoms with Crippen LogP contribution >= 0.6 is 0 Å². The number of aliphatic hydroxyl groups is 1. The average molecular weight is 397 g/mol. The molecule has 1 aliphatic heterocycles. The number of hydrogen-bond donors (Lipinski definition) is 4. The molecule has 4 rings (SSSR count). The lowest BCUT2D eigenvalue weighted by Gasteiger charge is -2.29. The summed E-state index contributed by atoms with van der Waals surface area (Å²) in [5, 5.41) is 24.1. The number of rotatable bonds is 7. The van der Waals surface area contributed by atoms with Gasteiger partial charge >= 0.3 is 0 Å². The van der Waals surface area contributed by atoms with E-state index in [0.717, 1.165) is 42.9 Å². The fourth-order valence-corrected chi connectivity index (χ4v) is 3.34. The van der Waals surface area contributed by atoms with E-state index < -0.39 is 0 Å². The molecule has 0 unspecified atom stereocenters. The van der Waals surface area contributed by atoms with Gasteiger partial charge in [0, 0.05) is 38.8 Å². The summed E-state index contributed by atoms with van der Waals surface area (Å²) in [7, 11) is 0. The summed E-state index contributed by atoms with van der Waals surface area (Å²) in [6.45, 7) is 8.42. The Morgan fingerprint density at radius 1 is 1.17 bits per heavy atom. The minimum atomic E-state index is 0.00262. The van der Waals surface area contributed by atoms with Gasteiger partial charge in [0.05, 0.1) is 30.1 Å². The van der Waals surface area contributed by atoms with Gasteiger partial charge in [-0.3, -0.25) is 0 Å². The molecule has 29 heavy (non-hydrogen) atoms. The molecule has 3 aromatic rings. The molecule has 0 amide bonds. The number of fused-ring (bicyclic) bond motifs is 1. The van der Waals surface area contributed by atoms with Crippen molar-refractivity contribution in [3.63, 3.8) is 0 Å². The first-order valence-corrected chi connectivity index (χ1v) is 9.94. The minimum Gasteiger partial charge on any atom is -0.395 e. The largest absolute Gasteiger partial charge is 0.395 e. The molecule has 10 heteroatoms. The van der Waals surface area contributed by atoms with Gasteiger partial charge < -0.3 is 26.0 Å². The second-order valence-corrected chi connectivity index (χ2v) is 7.23. The van der Waals surface area contributed by atoms with Crippen LogP contribution in [0.1, 0.15) is 19.9 Å². The van der Waals surface area contributed by atoms with E-state index in [0.29, 0.717) is 24.1 Å². The number of nitrogens with zero attached hydrogens (tertiary/aromatic N) is 6. The van der Waals surface area contributed by atoms with Gasteiger partial charge in [-0.1, -0.05) is 0 Å². The lowest BCUT2D eigenvalue weighted by Crippen LogP contribution is -2.43. The maximum Gasteiger partial charge on any atom is 0.226 e. The third-order valence-electron chi connectivity index (χ3n) is 4.81. The summed E-state index contributed by atoms with van der Waals surface area (Å²) in [5.41, 5.74) is 1.85. The molecule has 0 aliphatic carbocycles. The van der Waals surface area contributed by atoms with Crippen LogP contribution in [0.4, 0.5) is 23.3 Å². The molecule has 154 valence electrons. The predicted molar refractivity (Wildman–Crippen MR) is 114 cm³/mol. The zero-order valence-electron chi connectivity index (χ0n) is 16.8. The predicted octanol–water partition coefficient (Wildman–Crippen LogP) is 1.36. The van der Waals surface area contributed by atoms with E-state index in [-0.39, 0.29) is 12.6 Å². The summed E-state index contributed by atoms with van der Waals surface area (Å²) in [6, 6.07) is 4.19. The van der Waals surface area contributed by atoms with Crippen molar-refractivity contribution in [2.45, 2.75) is 19.9 Å². The molecular weight excluding hydrogens is 370 g/mol. The number of anilines is 4. The van der Waals surface area contributed by atoms with E-state index in [2.05, 4.69) is 60.8 Å². The normalized spacial score (nSPS) is 14.6. The van der Waals surface area contributed by atoms with Crippen molar-refractivity contribution in [3.05, 3.63) is 24.5 Å². The first-order valence-electron chi connectivity index (χ1n) is 9.94. The van der Waals surface area contributed by atoms with Gasteiger partial charge in [-0.2, -0.15) is 15.1 Å². The van der Waals surface area contributed by atoms with Crippen molar-refractivity contribution < 1.29 is 5.11 Å². The Morgan fingerprint density at radius 3 is 2.69 bits per heavy atom. The Balaban J connectivity index is 1.62. The van der Waals surface area contributed by atoms with Gasteiger partial charge in [-0.25, -0.2) is 9.67 Å². The van der Waals surface area contributed by atoms with Gasteiger partial charge in [-0.15, -0.1) is 0 Å². The highest BCUT2D eigenvalue weighted by molar-refractivity contribution is 5.89. The van der Waals surface area contributed by atoms with E-state index >= 15 is 0 Å². The summed E-state index contributed by atoms with van der Waals surface area (Å²) >= 11 is 0. The molecule has 0 radical (unpaired) electrons. The molecule has 0 aromatic carbocycles. The van der Waals surface area contributed by atoms with Crippen LogP contribution in [0.3, 0.4) is 0 Å². The molecule has 1 saturated heterocycles. The Kier molecular flexibility index (Phi) is 5.72. The van der Waals surface area contributed by atoms with Crippen molar-refractivity contribution in [1.82, 2.24) is 30.0 Å². The second kappa shape index (κ2) is 8.58. The zero-order valence-corrected chi connectivity index (χ0v) is 16.8. The first-order chi connectivity index (χ1) is 14.2. The van der Waals surface area contributed by atoms with E-state index in [1.165, 1.54) is 0 Å². The fourth-order valence-electron chi connectivity index (χ4n) is 3.34. The van der Waals surface area contributed by atoms with Crippen LogP contribution in [0.15, 0.2) is 24.5 Å². The van der Waals surface area contributed by atoms with E-state index in [1.54, 1.807) is 6.20 Å². The minimum absolute atomic E-state index is 0.00262. The summed E-state index contributed by atoms with van der Waals surface area (Å²) < 4.78 is 1.85. The van der Waals surface area contributed by atoms with Gasteiger partial charge in [0.15, 0.2) is 5.65 Å². The summed E-state index contributed by atoms with van der Waals surface area (Å²) in [5.74, 6) is 1.77. The van der Waals surface area contributed by atoms with Gasteiger partial charge in [0.1, 0.15) is 11.6 Å². The Morgan fingerprint density at radius 2 is 2.00 bits per heavy atom. The van der Waals surface area contributed by atoms with Crippen molar-refractivity contribution in [2.24, 2.45) is 0 Å². The summed E-state index contributed by atoms with van der Waals surface area (Å²) in [4.78, 5) is 16.0. The number of piperazine rings is 1. The highest BCUT2D eigenvalue weighted by atomic mass is 16.3. The molecule has 10 nitrogen and oxygen atoms in total. The van der Waals surface area contributed by atoms with Crippen LogP contribution in [0.25, 0.3) is 11.0 Å². The topological polar surface area (TPSA) is 116 Å². The smallest absolute Gasteiger partial charge is 0.226 e. The third kappa shape index (κ3) is 4.22. The lowest BCUT2D eigenvalue weighted by molar-refractivity contribution is 0.311. The van der Waals surface area contributed by atoms with Crippen molar-refractivity contribution >= 4 is 34.3 Å². The number of aromatic nitrogens is 5.